The highest BCUT2D eigenvalue weighted by atomic mass is 32.1. The molecule has 0 saturated carbocycles. The Balaban J connectivity index is 2.82. The maximum Gasteiger partial charge on any atom is 0.227 e. The van der Waals surface area contributed by atoms with E-state index in [0.717, 1.165) is 12.0 Å². The Kier molecular flexibility index (Phi) is 6.94. The van der Waals surface area contributed by atoms with Gasteiger partial charge in [-0.2, -0.15) is 0 Å². The van der Waals surface area contributed by atoms with Crippen LogP contribution in [0.25, 0.3) is 0 Å². The fraction of sp³-hybridized carbons (Fsp3) is 0.467. The molecule has 1 rings (SSSR count). The van der Waals surface area contributed by atoms with Crippen molar-refractivity contribution in [3.05, 3.63) is 23.8 Å². The van der Waals surface area contributed by atoms with Crippen LogP contribution in [0.3, 0.4) is 0 Å². The fourth-order valence-electron chi connectivity index (χ4n) is 2.03. The number of hydrogen-bond acceptors (Lipinski definition) is 4. The first-order valence-electron chi connectivity index (χ1n) is 6.78. The molecule has 0 bridgehead atoms. The number of amides is 1. The molecule has 0 heterocycles. The number of carbonyl (C=O) groups is 1. The lowest BCUT2D eigenvalue weighted by Crippen LogP contribution is -2.39. The summed E-state index contributed by atoms with van der Waals surface area (Å²) >= 11 is 4.89. The monoisotopic (exact) mass is 310 g/mol. The van der Waals surface area contributed by atoms with Gasteiger partial charge in [-0.25, -0.2) is 0 Å². The predicted octanol–water partition coefficient (Wildman–Crippen LogP) is 1.77. The van der Waals surface area contributed by atoms with Crippen LogP contribution in [0.2, 0.25) is 0 Å². The zero-order chi connectivity index (χ0) is 15.8. The first kappa shape index (κ1) is 17.2. The van der Waals surface area contributed by atoms with Gasteiger partial charge in [0.1, 0.15) is 0 Å². The lowest BCUT2D eigenvalue weighted by molar-refractivity contribution is -0.129. The van der Waals surface area contributed by atoms with E-state index in [1.807, 2.05) is 19.1 Å². The lowest BCUT2D eigenvalue weighted by atomic mass is 10.1. The fourth-order valence-corrected chi connectivity index (χ4v) is 2.18. The molecule has 1 aromatic carbocycles. The SMILES string of the molecule is CCCN(CC(N)=S)C(=O)Cc1ccc(OC)c(OC)c1. The van der Waals surface area contributed by atoms with Crippen LogP contribution in [0, 0.1) is 0 Å². The smallest absolute Gasteiger partial charge is 0.227 e. The Hall–Kier alpha value is -1.82. The van der Waals surface area contributed by atoms with Crippen LogP contribution in [0.1, 0.15) is 18.9 Å². The summed E-state index contributed by atoms with van der Waals surface area (Å²) < 4.78 is 10.4. The largest absolute Gasteiger partial charge is 0.493 e. The van der Waals surface area contributed by atoms with E-state index in [0.29, 0.717) is 29.6 Å². The molecule has 0 aromatic heterocycles. The van der Waals surface area contributed by atoms with Crippen molar-refractivity contribution in [2.75, 3.05) is 27.3 Å². The van der Waals surface area contributed by atoms with Gasteiger partial charge in [-0.05, 0) is 24.1 Å². The average Bonchev–Trinajstić information content (AvgIpc) is 2.46. The van der Waals surface area contributed by atoms with E-state index in [2.05, 4.69) is 0 Å². The Morgan fingerprint density at radius 1 is 1.29 bits per heavy atom. The molecule has 0 aliphatic carbocycles. The van der Waals surface area contributed by atoms with Crippen LogP contribution >= 0.6 is 12.2 Å². The van der Waals surface area contributed by atoms with Crippen LogP contribution in [0.15, 0.2) is 18.2 Å². The minimum Gasteiger partial charge on any atom is -0.493 e. The van der Waals surface area contributed by atoms with E-state index in [1.165, 1.54) is 0 Å². The summed E-state index contributed by atoms with van der Waals surface area (Å²) in [6, 6.07) is 5.45. The molecule has 0 saturated heterocycles. The van der Waals surface area contributed by atoms with Crippen molar-refractivity contribution >= 4 is 23.1 Å². The van der Waals surface area contributed by atoms with Crippen LogP contribution < -0.4 is 15.2 Å². The number of carbonyl (C=O) groups excluding carboxylic acids is 1. The molecule has 0 aliphatic rings. The van der Waals surface area contributed by atoms with Crippen molar-refractivity contribution < 1.29 is 14.3 Å². The molecule has 1 amide bonds. The highest BCUT2D eigenvalue weighted by Gasteiger charge is 2.15. The zero-order valence-electron chi connectivity index (χ0n) is 12.7. The van der Waals surface area contributed by atoms with Crippen LogP contribution in [0.4, 0.5) is 0 Å². The van der Waals surface area contributed by atoms with E-state index < -0.39 is 0 Å². The molecule has 0 radical (unpaired) electrons. The summed E-state index contributed by atoms with van der Waals surface area (Å²) in [5.41, 5.74) is 6.40. The Bertz CT molecular complexity index is 506. The lowest BCUT2D eigenvalue weighted by Gasteiger charge is -2.21. The van der Waals surface area contributed by atoms with E-state index in [4.69, 9.17) is 27.4 Å². The molecule has 1 aromatic rings. The van der Waals surface area contributed by atoms with E-state index in [9.17, 15) is 4.79 Å². The van der Waals surface area contributed by atoms with Gasteiger partial charge in [-0.3, -0.25) is 4.79 Å². The van der Waals surface area contributed by atoms with Crippen molar-refractivity contribution in [2.45, 2.75) is 19.8 Å². The van der Waals surface area contributed by atoms with Crippen LogP contribution in [0.5, 0.6) is 11.5 Å². The van der Waals surface area contributed by atoms with Gasteiger partial charge in [0.2, 0.25) is 5.91 Å². The van der Waals surface area contributed by atoms with Gasteiger partial charge < -0.3 is 20.1 Å². The molecule has 2 N–H and O–H groups in total. The van der Waals surface area contributed by atoms with E-state index >= 15 is 0 Å². The summed E-state index contributed by atoms with van der Waals surface area (Å²) in [5.74, 6) is 1.25. The van der Waals surface area contributed by atoms with Crippen LogP contribution in [-0.4, -0.2) is 43.1 Å². The van der Waals surface area contributed by atoms with Gasteiger partial charge in [0, 0.05) is 6.54 Å². The summed E-state index contributed by atoms with van der Waals surface area (Å²) in [4.78, 5) is 14.3. The summed E-state index contributed by atoms with van der Waals surface area (Å²) in [6.45, 7) is 2.97. The van der Waals surface area contributed by atoms with Crippen molar-refractivity contribution in [1.29, 1.82) is 0 Å². The first-order valence-corrected chi connectivity index (χ1v) is 7.19. The molecular formula is C15H22N2O3S. The Labute approximate surface area is 131 Å². The zero-order valence-corrected chi connectivity index (χ0v) is 13.5. The minimum atomic E-state index is -0.00290. The summed E-state index contributed by atoms with van der Waals surface area (Å²) in [6.07, 6.45) is 1.14. The first-order chi connectivity index (χ1) is 10.0. The quantitative estimate of drug-likeness (QED) is 0.741. The minimum absolute atomic E-state index is 0.00290. The number of rotatable bonds is 8. The maximum absolute atomic E-state index is 12.3. The normalized spacial score (nSPS) is 10.0. The molecule has 0 aliphatic heterocycles. The van der Waals surface area contributed by atoms with Gasteiger partial charge in [0.15, 0.2) is 11.5 Å². The van der Waals surface area contributed by atoms with Crippen molar-refractivity contribution in [3.8, 4) is 11.5 Å². The second-order valence-corrected chi connectivity index (χ2v) is 5.17. The third-order valence-corrected chi connectivity index (χ3v) is 3.13. The summed E-state index contributed by atoms with van der Waals surface area (Å²) in [7, 11) is 3.15. The molecular weight excluding hydrogens is 288 g/mol. The number of benzene rings is 1. The number of thiocarbonyl (C=S) groups is 1. The Morgan fingerprint density at radius 3 is 2.48 bits per heavy atom. The van der Waals surface area contributed by atoms with E-state index in [-0.39, 0.29) is 12.3 Å². The highest BCUT2D eigenvalue weighted by Crippen LogP contribution is 2.27. The number of nitrogens with two attached hydrogens (primary N) is 1. The van der Waals surface area contributed by atoms with Crippen molar-refractivity contribution in [1.82, 2.24) is 4.90 Å². The molecule has 0 unspecified atom stereocenters. The average molecular weight is 310 g/mol. The number of ether oxygens (including phenoxy) is 2. The third-order valence-electron chi connectivity index (χ3n) is 3.00. The topological polar surface area (TPSA) is 64.8 Å². The molecule has 0 atom stereocenters. The molecule has 0 spiro atoms. The third kappa shape index (κ3) is 5.23. The van der Waals surface area contributed by atoms with Gasteiger partial charge in [0.25, 0.3) is 0 Å². The van der Waals surface area contributed by atoms with Gasteiger partial charge in [-0.1, -0.05) is 25.2 Å². The molecule has 6 heteroatoms. The number of hydrogen-bond donors (Lipinski definition) is 1. The van der Waals surface area contributed by atoms with Crippen molar-refractivity contribution in [3.63, 3.8) is 0 Å². The van der Waals surface area contributed by atoms with Gasteiger partial charge in [0.05, 0.1) is 32.2 Å². The number of nitrogens with zero attached hydrogens (tertiary/aromatic N) is 1. The Morgan fingerprint density at radius 2 is 1.95 bits per heavy atom. The molecule has 5 nitrogen and oxygen atoms in total. The second-order valence-electron chi connectivity index (χ2n) is 4.65. The van der Waals surface area contributed by atoms with E-state index in [1.54, 1.807) is 25.2 Å². The predicted molar refractivity (Wildman–Crippen MR) is 86.9 cm³/mol. The second kappa shape index (κ2) is 8.46. The van der Waals surface area contributed by atoms with Crippen molar-refractivity contribution in [2.24, 2.45) is 5.73 Å². The standard InChI is InChI=1S/C15H22N2O3S/c1-4-7-17(10-14(16)21)15(18)9-11-5-6-12(19-2)13(8-11)20-3/h5-6,8H,4,7,9-10H2,1-3H3,(H2,16,21). The highest BCUT2D eigenvalue weighted by molar-refractivity contribution is 7.80. The molecule has 21 heavy (non-hydrogen) atoms. The summed E-state index contributed by atoms with van der Waals surface area (Å²) in [5, 5.41) is 0. The van der Waals surface area contributed by atoms with Gasteiger partial charge in [-0.15, -0.1) is 0 Å². The maximum atomic E-state index is 12.3. The number of methoxy groups -OCH3 is 2. The molecule has 0 fully saturated rings. The van der Waals surface area contributed by atoms with Gasteiger partial charge >= 0.3 is 0 Å². The molecule has 116 valence electrons. The van der Waals surface area contributed by atoms with Crippen LogP contribution in [-0.2, 0) is 11.2 Å².